The van der Waals surface area contributed by atoms with Crippen LogP contribution in [0.15, 0.2) is 34.8 Å². The second-order valence-corrected chi connectivity index (χ2v) is 5.08. The second-order valence-electron chi connectivity index (χ2n) is 4.16. The van der Waals surface area contributed by atoms with Crippen LogP contribution in [0, 0.1) is 6.92 Å². The zero-order valence-corrected chi connectivity index (χ0v) is 12.4. The molecule has 0 saturated heterocycles. The number of hydrogen-bond donors (Lipinski definition) is 1. The zero-order chi connectivity index (χ0) is 13.8. The molecule has 1 N–H and O–H groups in total. The fraction of sp³-hybridized carbons (Fsp3) is 0.214. The van der Waals surface area contributed by atoms with E-state index in [0.717, 1.165) is 15.9 Å². The first-order valence-corrected chi connectivity index (χ1v) is 6.79. The van der Waals surface area contributed by atoms with Crippen LogP contribution in [0.2, 0.25) is 0 Å². The lowest BCUT2D eigenvalue weighted by molar-refractivity contribution is 0.102. The Morgan fingerprint density at radius 1 is 1.32 bits per heavy atom. The first kappa shape index (κ1) is 13.7. The normalized spacial score (nSPS) is 10.3. The van der Waals surface area contributed by atoms with Gasteiger partial charge in [-0.25, -0.2) is 0 Å². The number of aromatic nitrogens is 2. The molecule has 1 amide bonds. The van der Waals surface area contributed by atoms with Gasteiger partial charge in [-0.15, -0.1) is 0 Å². The third-order valence-electron chi connectivity index (χ3n) is 2.65. The molecule has 0 atom stereocenters. The molecule has 2 aromatic rings. The van der Waals surface area contributed by atoms with E-state index in [1.54, 1.807) is 6.07 Å². The molecule has 1 heterocycles. The van der Waals surface area contributed by atoms with Gasteiger partial charge in [0.1, 0.15) is 0 Å². The molecular formula is C14H14BrN3O. The molecule has 98 valence electrons. The summed E-state index contributed by atoms with van der Waals surface area (Å²) in [6.45, 7) is 3.78. The van der Waals surface area contributed by atoms with Crippen LogP contribution in [0.1, 0.15) is 28.7 Å². The molecular weight excluding hydrogens is 306 g/mol. The highest BCUT2D eigenvalue weighted by molar-refractivity contribution is 9.10. The Morgan fingerprint density at radius 2 is 2.11 bits per heavy atom. The van der Waals surface area contributed by atoms with E-state index < -0.39 is 0 Å². The molecule has 1 aromatic carbocycles. The minimum absolute atomic E-state index is 0.159. The molecule has 1 aromatic heterocycles. The predicted octanol–water partition coefficient (Wildman–Crippen LogP) is 3.36. The number of carbonyl (C=O) groups excluding carboxylic acids is 1. The van der Waals surface area contributed by atoms with Gasteiger partial charge in [0.2, 0.25) is 0 Å². The van der Waals surface area contributed by atoms with Crippen LogP contribution < -0.4 is 5.32 Å². The van der Waals surface area contributed by atoms with Gasteiger partial charge < -0.3 is 5.32 Å². The van der Waals surface area contributed by atoms with Crippen molar-refractivity contribution < 1.29 is 4.79 Å². The van der Waals surface area contributed by atoms with Crippen molar-refractivity contribution in [3.05, 3.63) is 51.8 Å². The Hall–Kier alpha value is -1.75. The largest absolute Gasteiger partial charge is 0.322 e. The molecule has 0 unspecified atom stereocenters. The van der Waals surface area contributed by atoms with Crippen LogP contribution >= 0.6 is 15.9 Å². The number of nitrogens with zero attached hydrogens (tertiary/aromatic N) is 2. The maximum Gasteiger partial charge on any atom is 0.257 e. The van der Waals surface area contributed by atoms with E-state index in [9.17, 15) is 4.79 Å². The van der Waals surface area contributed by atoms with Crippen molar-refractivity contribution in [1.82, 2.24) is 10.2 Å². The van der Waals surface area contributed by atoms with Gasteiger partial charge >= 0.3 is 0 Å². The molecule has 5 heteroatoms. The summed E-state index contributed by atoms with van der Waals surface area (Å²) in [7, 11) is 0. The lowest BCUT2D eigenvalue weighted by Gasteiger charge is -2.08. The number of amides is 1. The van der Waals surface area contributed by atoms with Gasteiger partial charge in [-0.1, -0.05) is 28.9 Å². The van der Waals surface area contributed by atoms with Gasteiger partial charge in [0, 0.05) is 10.2 Å². The van der Waals surface area contributed by atoms with Crippen molar-refractivity contribution in [2.45, 2.75) is 20.3 Å². The van der Waals surface area contributed by atoms with Gasteiger partial charge in [0.15, 0.2) is 0 Å². The third kappa shape index (κ3) is 3.38. The van der Waals surface area contributed by atoms with Gasteiger partial charge in [0.25, 0.3) is 5.91 Å². The summed E-state index contributed by atoms with van der Waals surface area (Å²) in [6.07, 6.45) is 0.675. The summed E-state index contributed by atoms with van der Waals surface area (Å²) >= 11 is 3.37. The third-order valence-corrected chi connectivity index (χ3v) is 3.15. The lowest BCUT2D eigenvalue weighted by Crippen LogP contribution is -2.16. The predicted molar refractivity (Wildman–Crippen MR) is 78.2 cm³/mol. The van der Waals surface area contributed by atoms with Crippen molar-refractivity contribution in [3.63, 3.8) is 0 Å². The molecule has 0 aliphatic heterocycles. The Kier molecular flexibility index (Phi) is 4.27. The molecule has 0 fully saturated rings. The topological polar surface area (TPSA) is 54.9 Å². The standard InChI is InChI=1S/C14H14BrN3O/c1-3-13-12(7-9(2)17-18-13)14(19)16-11-6-4-5-10(15)8-11/h4-8H,3H2,1-2H3,(H,16,19). The minimum Gasteiger partial charge on any atom is -0.322 e. The van der Waals surface area contributed by atoms with Crippen LogP contribution in [0.3, 0.4) is 0 Å². The van der Waals surface area contributed by atoms with E-state index in [2.05, 4.69) is 31.4 Å². The fourth-order valence-electron chi connectivity index (χ4n) is 1.74. The average Bonchev–Trinajstić information content (AvgIpc) is 2.38. The molecule has 19 heavy (non-hydrogen) atoms. The van der Waals surface area contributed by atoms with Crippen LogP contribution in [0.4, 0.5) is 5.69 Å². The first-order valence-electron chi connectivity index (χ1n) is 6.00. The summed E-state index contributed by atoms with van der Waals surface area (Å²) < 4.78 is 0.921. The van der Waals surface area contributed by atoms with E-state index in [4.69, 9.17) is 0 Å². The number of aryl methyl sites for hydroxylation is 2. The summed E-state index contributed by atoms with van der Waals surface area (Å²) in [6, 6.07) is 9.24. The zero-order valence-electron chi connectivity index (χ0n) is 10.8. The highest BCUT2D eigenvalue weighted by Crippen LogP contribution is 2.17. The van der Waals surface area contributed by atoms with Gasteiger partial charge in [-0.2, -0.15) is 10.2 Å². The van der Waals surface area contributed by atoms with Crippen LogP contribution in [0.25, 0.3) is 0 Å². The van der Waals surface area contributed by atoms with Crippen molar-refractivity contribution in [1.29, 1.82) is 0 Å². The Morgan fingerprint density at radius 3 is 2.79 bits per heavy atom. The fourth-order valence-corrected chi connectivity index (χ4v) is 2.14. The molecule has 0 bridgehead atoms. The van der Waals surface area contributed by atoms with Crippen molar-refractivity contribution >= 4 is 27.5 Å². The second kappa shape index (κ2) is 5.93. The van der Waals surface area contributed by atoms with Gasteiger partial charge in [-0.05, 0) is 37.6 Å². The van der Waals surface area contributed by atoms with E-state index >= 15 is 0 Å². The summed E-state index contributed by atoms with van der Waals surface area (Å²) in [5.74, 6) is -0.159. The molecule has 2 rings (SSSR count). The van der Waals surface area contributed by atoms with E-state index in [-0.39, 0.29) is 5.91 Å². The number of hydrogen-bond acceptors (Lipinski definition) is 3. The van der Waals surface area contributed by atoms with E-state index in [1.165, 1.54) is 0 Å². The Labute approximate surface area is 120 Å². The number of carbonyl (C=O) groups is 1. The molecule has 4 nitrogen and oxygen atoms in total. The number of halogens is 1. The Balaban J connectivity index is 2.27. The average molecular weight is 320 g/mol. The number of nitrogens with one attached hydrogen (secondary N) is 1. The van der Waals surface area contributed by atoms with E-state index in [1.807, 2.05) is 38.1 Å². The molecule has 0 aliphatic carbocycles. The summed E-state index contributed by atoms with van der Waals surface area (Å²) in [5.41, 5.74) is 2.76. The lowest BCUT2D eigenvalue weighted by atomic mass is 10.1. The van der Waals surface area contributed by atoms with Gasteiger partial charge in [0.05, 0.1) is 17.0 Å². The first-order chi connectivity index (χ1) is 9.10. The summed E-state index contributed by atoms with van der Waals surface area (Å²) in [4.78, 5) is 12.3. The molecule has 0 radical (unpaired) electrons. The maximum atomic E-state index is 12.3. The van der Waals surface area contributed by atoms with Crippen molar-refractivity contribution in [2.75, 3.05) is 5.32 Å². The van der Waals surface area contributed by atoms with Crippen molar-refractivity contribution in [2.24, 2.45) is 0 Å². The quantitative estimate of drug-likeness (QED) is 0.943. The number of benzene rings is 1. The highest BCUT2D eigenvalue weighted by Gasteiger charge is 2.13. The SMILES string of the molecule is CCc1nnc(C)cc1C(=O)Nc1cccc(Br)c1. The molecule has 0 spiro atoms. The molecule has 0 aliphatic rings. The van der Waals surface area contributed by atoms with Crippen molar-refractivity contribution in [3.8, 4) is 0 Å². The van der Waals surface area contributed by atoms with Crippen LogP contribution in [-0.2, 0) is 6.42 Å². The highest BCUT2D eigenvalue weighted by atomic mass is 79.9. The molecule has 0 saturated carbocycles. The summed E-state index contributed by atoms with van der Waals surface area (Å²) in [5, 5.41) is 10.9. The maximum absolute atomic E-state index is 12.3. The number of rotatable bonds is 3. The number of anilines is 1. The Bertz CT molecular complexity index is 613. The van der Waals surface area contributed by atoms with Crippen LogP contribution in [-0.4, -0.2) is 16.1 Å². The minimum atomic E-state index is -0.159. The van der Waals surface area contributed by atoms with Crippen LogP contribution in [0.5, 0.6) is 0 Å². The van der Waals surface area contributed by atoms with E-state index in [0.29, 0.717) is 17.7 Å². The van der Waals surface area contributed by atoms with Gasteiger partial charge in [-0.3, -0.25) is 4.79 Å². The monoisotopic (exact) mass is 319 g/mol. The smallest absolute Gasteiger partial charge is 0.257 e.